The number of esters is 1. The highest BCUT2D eigenvalue weighted by atomic mass is 79.9. The topological polar surface area (TPSA) is 126 Å². The number of nitrogens with one attached hydrogen (secondary N) is 1. The standard InChI is InChI=1S/C21H16Br2N2O6/c1-2-30-18(26)11-31-19-16(22)7-12(8-17(19)23)6-14(10-24)20(27)25-15-5-3-4-13(9-15)21(28)29/h3-9H,2,11H2,1H3,(H,25,27)(H,28,29)/b14-6-. The van der Waals surface area contributed by atoms with E-state index in [0.29, 0.717) is 20.3 Å². The zero-order chi connectivity index (χ0) is 23.0. The smallest absolute Gasteiger partial charge is 0.344 e. The van der Waals surface area contributed by atoms with Crippen molar-refractivity contribution in [3.05, 3.63) is 62.0 Å². The number of carbonyl (C=O) groups excluding carboxylic acids is 2. The minimum Gasteiger partial charge on any atom is -0.480 e. The summed E-state index contributed by atoms with van der Waals surface area (Å²) in [4.78, 5) is 35.0. The molecule has 0 aliphatic rings. The number of amides is 1. The van der Waals surface area contributed by atoms with Crippen molar-refractivity contribution < 1.29 is 29.0 Å². The summed E-state index contributed by atoms with van der Waals surface area (Å²) in [6.07, 6.45) is 1.36. The van der Waals surface area contributed by atoms with E-state index >= 15 is 0 Å². The number of ether oxygens (including phenoxy) is 2. The first-order valence-corrected chi connectivity index (χ1v) is 10.4. The monoisotopic (exact) mass is 550 g/mol. The van der Waals surface area contributed by atoms with E-state index in [1.54, 1.807) is 19.1 Å². The average molecular weight is 552 g/mol. The lowest BCUT2D eigenvalue weighted by Gasteiger charge is -2.11. The number of nitrogens with zero attached hydrogens (tertiary/aromatic N) is 1. The Morgan fingerprint density at radius 3 is 2.45 bits per heavy atom. The van der Waals surface area contributed by atoms with E-state index in [9.17, 15) is 19.6 Å². The largest absolute Gasteiger partial charge is 0.480 e. The summed E-state index contributed by atoms with van der Waals surface area (Å²) in [5, 5.41) is 20.9. The SMILES string of the molecule is CCOC(=O)COc1c(Br)cc(/C=C(/C#N)C(=O)Nc2cccc(C(=O)O)c2)cc1Br. The van der Waals surface area contributed by atoms with Crippen LogP contribution in [0.25, 0.3) is 6.08 Å². The van der Waals surface area contributed by atoms with E-state index in [4.69, 9.17) is 14.6 Å². The second kappa shape index (κ2) is 11.3. The van der Waals surface area contributed by atoms with E-state index < -0.39 is 17.8 Å². The van der Waals surface area contributed by atoms with Crippen LogP contribution in [0, 0.1) is 11.3 Å². The number of nitriles is 1. The molecule has 10 heteroatoms. The molecule has 160 valence electrons. The van der Waals surface area contributed by atoms with Crippen molar-refractivity contribution in [2.45, 2.75) is 6.92 Å². The van der Waals surface area contributed by atoms with Gasteiger partial charge in [0.1, 0.15) is 17.4 Å². The van der Waals surface area contributed by atoms with Gasteiger partial charge in [-0.25, -0.2) is 9.59 Å². The molecule has 2 N–H and O–H groups in total. The van der Waals surface area contributed by atoms with Gasteiger partial charge in [0.2, 0.25) is 0 Å². The molecule has 0 atom stereocenters. The fourth-order valence-corrected chi connectivity index (χ4v) is 3.83. The molecule has 0 bridgehead atoms. The second-order valence-electron chi connectivity index (χ2n) is 5.92. The zero-order valence-corrected chi connectivity index (χ0v) is 19.3. The Morgan fingerprint density at radius 1 is 1.19 bits per heavy atom. The van der Waals surface area contributed by atoms with Crippen LogP contribution in [0.4, 0.5) is 5.69 Å². The predicted octanol–water partition coefficient (Wildman–Crippen LogP) is 4.40. The lowest BCUT2D eigenvalue weighted by Crippen LogP contribution is -2.15. The second-order valence-corrected chi connectivity index (χ2v) is 7.63. The van der Waals surface area contributed by atoms with Gasteiger partial charge < -0.3 is 19.9 Å². The van der Waals surface area contributed by atoms with Crippen LogP contribution < -0.4 is 10.1 Å². The first-order valence-electron chi connectivity index (χ1n) is 8.79. The predicted molar refractivity (Wildman–Crippen MR) is 120 cm³/mol. The summed E-state index contributed by atoms with van der Waals surface area (Å²) >= 11 is 6.67. The van der Waals surface area contributed by atoms with Crippen molar-refractivity contribution in [2.75, 3.05) is 18.5 Å². The molecule has 0 saturated carbocycles. The Hall–Kier alpha value is -3.16. The Morgan fingerprint density at radius 2 is 1.87 bits per heavy atom. The summed E-state index contributed by atoms with van der Waals surface area (Å²) in [7, 11) is 0. The number of hydrogen-bond acceptors (Lipinski definition) is 6. The van der Waals surface area contributed by atoms with Gasteiger partial charge in [-0.15, -0.1) is 0 Å². The van der Waals surface area contributed by atoms with Crippen LogP contribution in [0.15, 0.2) is 50.9 Å². The van der Waals surface area contributed by atoms with Crippen molar-refractivity contribution in [1.29, 1.82) is 5.26 Å². The van der Waals surface area contributed by atoms with Gasteiger partial charge in [-0.05, 0) is 80.8 Å². The van der Waals surface area contributed by atoms with Crippen LogP contribution in [0.2, 0.25) is 0 Å². The first kappa shape index (κ1) is 24.1. The minimum atomic E-state index is -1.13. The summed E-state index contributed by atoms with van der Waals surface area (Å²) in [5.74, 6) is -1.98. The number of carboxylic acid groups (broad SMARTS) is 1. The Balaban J connectivity index is 2.21. The van der Waals surface area contributed by atoms with Crippen molar-refractivity contribution in [3.63, 3.8) is 0 Å². The Labute approximate surface area is 194 Å². The van der Waals surface area contributed by atoms with E-state index in [1.807, 2.05) is 6.07 Å². The lowest BCUT2D eigenvalue weighted by atomic mass is 10.1. The van der Waals surface area contributed by atoms with E-state index in [-0.39, 0.29) is 30.0 Å². The molecule has 0 aromatic heterocycles. The molecule has 2 aromatic rings. The maximum atomic E-state index is 12.5. The van der Waals surface area contributed by atoms with Gasteiger partial charge in [0, 0.05) is 5.69 Å². The highest BCUT2D eigenvalue weighted by Gasteiger charge is 2.14. The summed E-state index contributed by atoms with van der Waals surface area (Å²) in [6, 6.07) is 10.7. The maximum Gasteiger partial charge on any atom is 0.344 e. The van der Waals surface area contributed by atoms with Gasteiger partial charge >= 0.3 is 11.9 Å². The van der Waals surface area contributed by atoms with Crippen LogP contribution in [0.3, 0.4) is 0 Å². The maximum absolute atomic E-state index is 12.5. The fraction of sp³-hybridized carbons (Fsp3) is 0.143. The molecule has 2 aromatic carbocycles. The molecule has 0 heterocycles. The van der Waals surface area contributed by atoms with Gasteiger partial charge in [-0.1, -0.05) is 6.07 Å². The number of rotatable bonds is 8. The summed E-state index contributed by atoms with van der Waals surface area (Å²) < 4.78 is 11.2. The third kappa shape index (κ3) is 6.94. The molecule has 1 amide bonds. The zero-order valence-electron chi connectivity index (χ0n) is 16.1. The van der Waals surface area contributed by atoms with Crippen LogP contribution in [-0.4, -0.2) is 36.2 Å². The molecule has 0 saturated heterocycles. The van der Waals surface area contributed by atoms with Crippen LogP contribution in [-0.2, 0) is 14.3 Å². The first-order chi connectivity index (χ1) is 14.7. The average Bonchev–Trinajstić information content (AvgIpc) is 2.71. The molecule has 2 rings (SSSR count). The number of halogens is 2. The highest BCUT2D eigenvalue weighted by molar-refractivity contribution is 9.11. The van der Waals surface area contributed by atoms with Gasteiger partial charge in [-0.3, -0.25) is 4.79 Å². The third-order valence-corrected chi connectivity index (χ3v) is 4.88. The summed E-state index contributed by atoms with van der Waals surface area (Å²) in [6.45, 7) is 1.66. The number of hydrogen-bond donors (Lipinski definition) is 2. The Bertz CT molecular complexity index is 1070. The normalized spacial score (nSPS) is 10.7. The van der Waals surface area contributed by atoms with E-state index in [2.05, 4.69) is 37.2 Å². The van der Waals surface area contributed by atoms with Gasteiger partial charge in [-0.2, -0.15) is 5.26 Å². The van der Waals surface area contributed by atoms with Crippen LogP contribution in [0.1, 0.15) is 22.8 Å². The van der Waals surface area contributed by atoms with E-state index in [1.165, 1.54) is 30.3 Å². The van der Waals surface area contributed by atoms with Gasteiger partial charge in [0.05, 0.1) is 21.1 Å². The van der Waals surface area contributed by atoms with Crippen molar-refractivity contribution in [1.82, 2.24) is 0 Å². The number of benzene rings is 2. The molecule has 0 spiro atoms. The molecule has 0 unspecified atom stereocenters. The molecule has 0 aliphatic heterocycles. The van der Waals surface area contributed by atoms with Crippen molar-refractivity contribution >= 4 is 61.5 Å². The third-order valence-electron chi connectivity index (χ3n) is 3.70. The quantitative estimate of drug-likeness (QED) is 0.283. The van der Waals surface area contributed by atoms with Gasteiger partial charge in [0.25, 0.3) is 5.91 Å². The van der Waals surface area contributed by atoms with Crippen LogP contribution >= 0.6 is 31.9 Å². The van der Waals surface area contributed by atoms with E-state index in [0.717, 1.165) is 0 Å². The molecular formula is C21H16Br2N2O6. The number of anilines is 1. The number of carbonyl (C=O) groups is 3. The number of aromatic carboxylic acids is 1. The molecule has 0 radical (unpaired) electrons. The minimum absolute atomic E-state index is 0.00607. The molecule has 0 aliphatic carbocycles. The molecule has 31 heavy (non-hydrogen) atoms. The van der Waals surface area contributed by atoms with Crippen molar-refractivity contribution in [3.8, 4) is 11.8 Å². The molecule has 8 nitrogen and oxygen atoms in total. The van der Waals surface area contributed by atoms with Crippen LogP contribution in [0.5, 0.6) is 5.75 Å². The van der Waals surface area contributed by atoms with Gasteiger partial charge in [0.15, 0.2) is 6.61 Å². The fourth-order valence-electron chi connectivity index (χ4n) is 2.38. The number of carboxylic acids is 1. The summed E-state index contributed by atoms with van der Waals surface area (Å²) in [5.41, 5.74) is 0.565. The molecule has 0 fully saturated rings. The lowest BCUT2D eigenvalue weighted by molar-refractivity contribution is -0.145. The Kier molecular flexibility index (Phi) is 8.78. The van der Waals surface area contributed by atoms with Crippen molar-refractivity contribution in [2.24, 2.45) is 0 Å². The highest BCUT2D eigenvalue weighted by Crippen LogP contribution is 2.35. The molecular weight excluding hydrogens is 536 g/mol.